The Labute approximate surface area is 174 Å². The van der Waals surface area contributed by atoms with Gasteiger partial charge >= 0.3 is 33.3 Å². The van der Waals surface area contributed by atoms with Crippen molar-refractivity contribution < 1.29 is 13.1 Å². The van der Waals surface area contributed by atoms with Crippen LogP contribution in [0.2, 0.25) is 0 Å². The second kappa shape index (κ2) is 14.8. The third-order valence-corrected chi connectivity index (χ3v) is 6.04. The molecule has 1 aliphatic heterocycles. The summed E-state index contributed by atoms with van der Waals surface area (Å²) in [6.07, 6.45) is 8.64. The first-order valence-corrected chi connectivity index (χ1v) is 13.6. The summed E-state index contributed by atoms with van der Waals surface area (Å²) in [6, 6.07) is 1.33. The fourth-order valence-electron chi connectivity index (χ4n) is 4.76. The molecule has 0 unspecified atom stereocenters. The van der Waals surface area contributed by atoms with E-state index >= 15 is 0 Å². The third kappa shape index (κ3) is 8.93. The first-order chi connectivity index (χ1) is 12.8. The van der Waals surface area contributed by atoms with Gasteiger partial charge in [0.05, 0.1) is 0 Å². The van der Waals surface area contributed by atoms with Crippen molar-refractivity contribution in [3.05, 3.63) is 0 Å². The molecule has 3 fully saturated rings. The van der Waals surface area contributed by atoms with E-state index in [1.807, 2.05) is 0 Å². The standard InChI is InChI=1S/C18H37N5.2ClH.Mn/c1-2-4-16-14-18-17(13-15(16)3-1)22-11-9-20-7-5-19-6-8-21-10-12-23-18;;;/h15-23H,1-14H2;2*1H;/q;;;+2/p-2/t15-,16-,17+,18+;;;/m1.../s1. The Morgan fingerprint density at radius 2 is 0.923 bits per heavy atom. The monoisotopic (exact) mass is 448 g/mol. The molecule has 3 rings (SSSR count). The number of hydrogen-bond donors (Lipinski definition) is 5. The predicted octanol–water partition coefficient (Wildman–Crippen LogP) is 1.66. The molecular formula is C18H37Cl2MnN5. The molecule has 0 aromatic carbocycles. The number of fused-ring (bicyclic) bond motifs is 2. The molecular weight excluding hydrogens is 412 g/mol. The topological polar surface area (TPSA) is 60.1 Å². The van der Waals surface area contributed by atoms with E-state index < -0.39 is 0 Å². The van der Waals surface area contributed by atoms with Gasteiger partial charge < -0.3 is 26.6 Å². The summed E-state index contributed by atoms with van der Waals surface area (Å²) in [5.74, 6) is 1.97. The van der Waals surface area contributed by atoms with Crippen molar-refractivity contribution in [2.45, 2.75) is 50.6 Å². The Morgan fingerprint density at radius 3 is 1.31 bits per heavy atom. The van der Waals surface area contributed by atoms with Crippen LogP contribution in [0.1, 0.15) is 38.5 Å². The molecule has 0 radical (unpaired) electrons. The molecule has 2 aliphatic carbocycles. The number of hydrogen-bond acceptors (Lipinski definition) is 5. The zero-order chi connectivity index (χ0) is 18.5. The van der Waals surface area contributed by atoms with E-state index in [4.69, 9.17) is 20.2 Å². The quantitative estimate of drug-likeness (QED) is 0.365. The van der Waals surface area contributed by atoms with Crippen molar-refractivity contribution in [2.75, 3.05) is 52.4 Å². The van der Waals surface area contributed by atoms with E-state index in [1.54, 1.807) is 0 Å². The molecule has 0 amide bonds. The Bertz CT molecular complexity index is 324. The van der Waals surface area contributed by atoms with Crippen molar-refractivity contribution in [2.24, 2.45) is 11.8 Å². The van der Waals surface area contributed by atoms with E-state index in [-0.39, 0.29) is 13.1 Å². The average Bonchev–Trinajstić information content (AvgIpc) is 2.66. The fourth-order valence-corrected chi connectivity index (χ4v) is 4.76. The molecule has 8 heteroatoms. The van der Waals surface area contributed by atoms with Crippen LogP contribution in [0.4, 0.5) is 0 Å². The van der Waals surface area contributed by atoms with Gasteiger partial charge in [-0.15, -0.1) is 0 Å². The summed E-state index contributed by atoms with van der Waals surface area (Å²) in [6.45, 7) is 8.62. The van der Waals surface area contributed by atoms with Crippen LogP contribution in [0.3, 0.4) is 0 Å². The van der Waals surface area contributed by atoms with Gasteiger partial charge in [0.1, 0.15) is 0 Å². The van der Waals surface area contributed by atoms with Crippen LogP contribution >= 0.6 is 20.2 Å². The van der Waals surface area contributed by atoms with E-state index in [1.165, 1.54) is 38.5 Å². The van der Waals surface area contributed by atoms with Gasteiger partial charge in [-0.2, -0.15) is 0 Å². The summed E-state index contributed by atoms with van der Waals surface area (Å²) < 4.78 is 0. The van der Waals surface area contributed by atoms with Crippen LogP contribution in [-0.4, -0.2) is 64.4 Å². The van der Waals surface area contributed by atoms with E-state index in [0.29, 0.717) is 12.1 Å². The zero-order valence-electron chi connectivity index (χ0n) is 15.8. The van der Waals surface area contributed by atoms with Crippen molar-refractivity contribution in [1.82, 2.24) is 26.6 Å². The van der Waals surface area contributed by atoms with E-state index in [0.717, 1.165) is 64.2 Å². The summed E-state index contributed by atoms with van der Waals surface area (Å²) in [5, 5.41) is 18.3. The van der Waals surface area contributed by atoms with Crippen LogP contribution in [0.5, 0.6) is 0 Å². The SMILES string of the molecule is C1CC[C@@H]2C[C@@H]3NCCNCCNCCNCCN[C@H]3C[C@H]2C1.[Cl][Mn][Cl]. The molecule has 2 saturated carbocycles. The van der Waals surface area contributed by atoms with Crippen molar-refractivity contribution in [3.8, 4) is 0 Å². The average molecular weight is 449 g/mol. The maximum atomic E-state index is 4.80. The summed E-state index contributed by atoms with van der Waals surface area (Å²) in [5.41, 5.74) is 0. The molecule has 0 bridgehead atoms. The fraction of sp³-hybridized carbons (Fsp3) is 1.00. The maximum absolute atomic E-state index is 4.80. The minimum absolute atomic E-state index is 0.00694. The zero-order valence-corrected chi connectivity index (χ0v) is 18.5. The molecule has 0 aromatic heterocycles. The van der Waals surface area contributed by atoms with Crippen LogP contribution in [0, 0.1) is 11.8 Å². The van der Waals surface area contributed by atoms with Gasteiger partial charge in [-0.3, -0.25) is 0 Å². The molecule has 0 spiro atoms. The van der Waals surface area contributed by atoms with E-state index in [2.05, 4.69) is 26.6 Å². The van der Waals surface area contributed by atoms with Crippen molar-refractivity contribution in [1.29, 1.82) is 0 Å². The molecule has 0 aromatic rings. The van der Waals surface area contributed by atoms with Gasteiger partial charge in [0.15, 0.2) is 0 Å². The van der Waals surface area contributed by atoms with Crippen molar-refractivity contribution in [3.63, 3.8) is 0 Å². The first-order valence-electron chi connectivity index (χ1n) is 10.3. The Balaban J connectivity index is 0.000000758. The first kappa shape index (κ1) is 23.2. The second-order valence-corrected chi connectivity index (χ2v) is 9.65. The molecule has 26 heavy (non-hydrogen) atoms. The number of halogens is 2. The predicted molar refractivity (Wildman–Crippen MR) is 109 cm³/mol. The summed E-state index contributed by atoms with van der Waals surface area (Å²) >= 11 is 0.00694. The number of nitrogens with one attached hydrogen (secondary N) is 5. The van der Waals surface area contributed by atoms with Gasteiger partial charge in [0.25, 0.3) is 0 Å². The molecule has 5 nitrogen and oxygen atoms in total. The Hall–Kier alpha value is 0.899. The molecule has 4 atom stereocenters. The molecule has 155 valence electrons. The number of rotatable bonds is 0. The molecule has 3 aliphatic rings. The third-order valence-electron chi connectivity index (χ3n) is 6.04. The normalized spacial score (nSPS) is 34.8. The minimum atomic E-state index is 0.00694. The van der Waals surface area contributed by atoms with Crippen LogP contribution < -0.4 is 26.6 Å². The van der Waals surface area contributed by atoms with E-state index in [9.17, 15) is 0 Å². The Morgan fingerprint density at radius 1 is 0.577 bits per heavy atom. The summed E-state index contributed by atoms with van der Waals surface area (Å²) in [4.78, 5) is 0. The van der Waals surface area contributed by atoms with Gasteiger partial charge in [-0.05, 0) is 24.7 Å². The van der Waals surface area contributed by atoms with Crippen LogP contribution in [0.15, 0.2) is 0 Å². The molecule has 1 saturated heterocycles. The van der Waals surface area contributed by atoms with Crippen molar-refractivity contribution >= 4 is 20.2 Å². The van der Waals surface area contributed by atoms with Gasteiger partial charge in [0.2, 0.25) is 0 Å². The van der Waals surface area contributed by atoms with Crippen LogP contribution in [-0.2, 0) is 13.1 Å². The van der Waals surface area contributed by atoms with Gasteiger partial charge in [-0.1, -0.05) is 25.7 Å². The van der Waals surface area contributed by atoms with Gasteiger partial charge in [0, 0.05) is 64.4 Å². The molecule has 1 heterocycles. The summed E-state index contributed by atoms with van der Waals surface area (Å²) in [7, 11) is 9.59. The Kier molecular flexibility index (Phi) is 13.2. The molecule has 5 N–H and O–H groups in total. The van der Waals surface area contributed by atoms with Gasteiger partial charge in [-0.25, -0.2) is 0 Å². The second-order valence-electron chi connectivity index (χ2n) is 7.70. The van der Waals surface area contributed by atoms with Crippen LogP contribution in [0.25, 0.3) is 0 Å².